The van der Waals surface area contributed by atoms with Crippen molar-refractivity contribution in [2.45, 2.75) is 51.5 Å². The second-order valence-corrected chi connectivity index (χ2v) is 5.30. The summed E-state index contributed by atoms with van der Waals surface area (Å²) in [5, 5.41) is 0. The minimum absolute atomic E-state index is 0.441. The summed E-state index contributed by atoms with van der Waals surface area (Å²) in [6.45, 7) is 2.18. The van der Waals surface area contributed by atoms with E-state index >= 15 is 0 Å². The molecule has 0 amide bonds. The van der Waals surface area contributed by atoms with E-state index in [9.17, 15) is 0 Å². The fourth-order valence-electron chi connectivity index (χ4n) is 2.97. The van der Waals surface area contributed by atoms with Gasteiger partial charge in [-0.05, 0) is 43.2 Å². The molecule has 1 atom stereocenters. The number of nitrogens with one attached hydrogen (secondary N) is 1. The number of hydrogen-bond donors (Lipinski definition) is 2. The molecular weight excluding hydrogens is 208 g/mol. The zero-order valence-electron chi connectivity index (χ0n) is 10.8. The van der Waals surface area contributed by atoms with Crippen molar-refractivity contribution in [3.05, 3.63) is 35.4 Å². The first-order chi connectivity index (χ1) is 8.31. The molecule has 1 aromatic carbocycles. The van der Waals surface area contributed by atoms with Gasteiger partial charge in [0.15, 0.2) is 0 Å². The van der Waals surface area contributed by atoms with Gasteiger partial charge in [-0.15, -0.1) is 0 Å². The molecule has 1 aliphatic rings. The summed E-state index contributed by atoms with van der Waals surface area (Å²) in [6.07, 6.45) is 7.88. The van der Waals surface area contributed by atoms with Crippen molar-refractivity contribution in [2.24, 2.45) is 11.8 Å². The topological polar surface area (TPSA) is 38.0 Å². The zero-order valence-corrected chi connectivity index (χ0v) is 10.8. The molecular formula is C15H24N2. The molecule has 17 heavy (non-hydrogen) atoms. The van der Waals surface area contributed by atoms with Crippen molar-refractivity contribution in [1.82, 2.24) is 5.43 Å². The molecule has 0 bridgehead atoms. The fourth-order valence-corrected chi connectivity index (χ4v) is 2.97. The first kappa shape index (κ1) is 12.6. The van der Waals surface area contributed by atoms with E-state index in [0.29, 0.717) is 6.04 Å². The van der Waals surface area contributed by atoms with E-state index in [1.165, 1.54) is 43.2 Å². The molecule has 2 heteroatoms. The Morgan fingerprint density at radius 2 is 1.94 bits per heavy atom. The monoisotopic (exact) mass is 232 g/mol. The van der Waals surface area contributed by atoms with Crippen molar-refractivity contribution >= 4 is 0 Å². The molecule has 0 aromatic heterocycles. The van der Waals surface area contributed by atoms with Crippen LogP contribution in [0.3, 0.4) is 0 Å². The Labute approximate surface area is 105 Å². The predicted octanol–water partition coefficient (Wildman–Crippen LogP) is 2.95. The summed E-state index contributed by atoms with van der Waals surface area (Å²) >= 11 is 0. The highest BCUT2D eigenvalue weighted by Crippen LogP contribution is 2.28. The summed E-state index contributed by atoms with van der Waals surface area (Å²) in [7, 11) is 0. The Hall–Kier alpha value is -0.860. The van der Waals surface area contributed by atoms with Gasteiger partial charge in [-0.1, -0.05) is 43.5 Å². The van der Waals surface area contributed by atoms with Crippen LogP contribution in [0.4, 0.5) is 0 Å². The van der Waals surface area contributed by atoms with Crippen molar-refractivity contribution in [2.75, 3.05) is 0 Å². The third kappa shape index (κ3) is 3.30. The fraction of sp³-hybridized carbons (Fsp3) is 0.600. The quantitative estimate of drug-likeness (QED) is 0.619. The average Bonchev–Trinajstić information content (AvgIpc) is 2.39. The maximum atomic E-state index is 5.75. The molecule has 2 nitrogen and oxygen atoms in total. The van der Waals surface area contributed by atoms with Gasteiger partial charge >= 0.3 is 0 Å². The number of hydrazine groups is 1. The molecule has 1 aliphatic carbocycles. The smallest absolute Gasteiger partial charge is 0.0279 e. The molecule has 1 saturated carbocycles. The average molecular weight is 232 g/mol. The van der Waals surface area contributed by atoms with Gasteiger partial charge in [-0.3, -0.25) is 11.3 Å². The summed E-state index contributed by atoms with van der Waals surface area (Å²) in [5.41, 5.74) is 5.86. The lowest BCUT2D eigenvalue weighted by Crippen LogP contribution is -2.43. The van der Waals surface area contributed by atoms with Crippen molar-refractivity contribution in [3.63, 3.8) is 0 Å². The van der Waals surface area contributed by atoms with E-state index in [0.717, 1.165) is 12.3 Å². The summed E-state index contributed by atoms with van der Waals surface area (Å²) in [6, 6.07) is 9.07. The number of hydrogen-bond acceptors (Lipinski definition) is 2. The number of nitrogens with two attached hydrogens (primary N) is 1. The van der Waals surface area contributed by atoms with E-state index in [1.54, 1.807) is 0 Å². The van der Waals surface area contributed by atoms with Gasteiger partial charge < -0.3 is 0 Å². The molecule has 0 saturated heterocycles. The van der Waals surface area contributed by atoms with Crippen LogP contribution >= 0.6 is 0 Å². The molecule has 1 aromatic rings. The lowest BCUT2D eigenvalue weighted by atomic mass is 9.81. The predicted molar refractivity (Wildman–Crippen MR) is 72.6 cm³/mol. The third-order valence-electron chi connectivity index (χ3n) is 4.13. The second-order valence-electron chi connectivity index (χ2n) is 5.30. The number of benzene rings is 1. The third-order valence-corrected chi connectivity index (χ3v) is 4.13. The lowest BCUT2D eigenvalue weighted by Gasteiger charge is -2.30. The van der Waals surface area contributed by atoms with Gasteiger partial charge in [0.1, 0.15) is 0 Å². The van der Waals surface area contributed by atoms with Crippen LogP contribution in [0.15, 0.2) is 24.3 Å². The van der Waals surface area contributed by atoms with Crippen LogP contribution < -0.4 is 11.3 Å². The van der Waals surface area contributed by atoms with Crippen molar-refractivity contribution in [1.29, 1.82) is 0 Å². The van der Waals surface area contributed by atoms with Gasteiger partial charge in [-0.2, -0.15) is 0 Å². The summed E-state index contributed by atoms with van der Waals surface area (Å²) in [5.74, 6) is 6.51. The maximum Gasteiger partial charge on any atom is 0.0279 e. The van der Waals surface area contributed by atoms with Crippen LogP contribution in [0.1, 0.15) is 43.2 Å². The summed E-state index contributed by atoms with van der Waals surface area (Å²) < 4.78 is 0. The standard InChI is InChI=1S/C15H24N2/c1-12-7-5-6-10-14(12)11-15(17-16)13-8-3-2-4-9-13/h5-7,10,13,15,17H,2-4,8-9,11,16H2,1H3. The second kappa shape index (κ2) is 6.18. The van der Waals surface area contributed by atoms with Crippen LogP contribution in [-0.4, -0.2) is 6.04 Å². The van der Waals surface area contributed by atoms with Gasteiger partial charge in [0.05, 0.1) is 0 Å². The Kier molecular flexibility index (Phi) is 4.57. The Morgan fingerprint density at radius 3 is 2.59 bits per heavy atom. The summed E-state index contributed by atoms with van der Waals surface area (Å²) in [4.78, 5) is 0. The first-order valence-electron chi connectivity index (χ1n) is 6.82. The molecule has 1 unspecified atom stereocenters. The van der Waals surface area contributed by atoms with E-state index in [4.69, 9.17) is 5.84 Å². The van der Waals surface area contributed by atoms with Crippen LogP contribution in [0.25, 0.3) is 0 Å². The minimum Gasteiger partial charge on any atom is -0.271 e. The highest BCUT2D eigenvalue weighted by atomic mass is 15.2. The first-order valence-corrected chi connectivity index (χ1v) is 6.82. The lowest BCUT2D eigenvalue weighted by molar-refractivity contribution is 0.268. The largest absolute Gasteiger partial charge is 0.271 e. The van der Waals surface area contributed by atoms with E-state index < -0.39 is 0 Å². The molecule has 3 N–H and O–H groups in total. The van der Waals surface area contributed by atoms with Gasteiger partial charge in [-0.25, -0.2) is 0 Å². The number of aryl methyl sites for hydroxylation is 1. The van der Waals surface area contributed by atoms with Crippen molar-refractivity contribution in [3.8, 4) is 0 Å². The molecule has 2 rings (SSSR count). The SMILES string of the molecule is Cc1ccccc1CC(NN)C1CCCCC1. The number of rotatable bonds is 4. The van der Waals surface area contributed by atoms with Crippen LogP contribution in [0, 0.1) is 12.8 Å². The van der Waals surface area contributed by atoms with Gasteiger partial charge in [0.2, 0.25) is 0 Å². The van der Waals surface area contributed by atoms with E-state index in [2.05, 4.69) is 36.6 Å². The molecule has 0 spiro atoms. The molecule has 0 aliphatic heterocycles. The Morgan fingerprint density at radius 1 is 1.24 bits per heavy atom. The highest BCUT2D eigenvalue weighted by molar-refractivity contribution is 5.26. The molecule has 0 radical (unpaired) electrons. The van der Waals surface area contributed by atoms with Crippen LogP contribution in [-0.2, 0) is 6.42 Å². The van der Waals surface area contributed by atoms with Crippen LogP contribution in [0.5, 0.6) is 0 Å². The zero-order chi connectivity index (χ0) is 12.1. The van der Waals surface area contributed by atoms with E-state index in [1.807, 2.05) is 0 Å². The van der Waals surface area contributed by atoms with Gasteiger partial charge in [0, 0.05) is 6.04 Å². The van der Waals surface area contributed by atoms with Crippen molar-refractivity contribution < 1.29 is 0 Å². The molecule has 94 valence electrons. The van der Waals surface area contributed by atoms with Crippen LogP contribution in [0.2, 0.25) is 0 Å². The maximum absolute atomic E-state index is 5.75. The molecule has 1 fully saturated rings. The Bertz CT molecular complexity index is 343. The normalized spacial score (nSPS) is 19.2. The Balaban J connectivity index is 2.01. The molecule has 0 heterocycles. The highest BCUT2D eigenvalue weighted by Gasteiger charge is 2.23. The minimum atomic E-state index is 0.441. The van der Waals surface area contributed by atoms with E-state index in [-0.39, 0.29) is 0 Å². The van der Waals surface area contributed by atoms with Gasteiger partial charge in [0.25, 0.3) is 0 Å².